The maximum atomic E-state index is 13.4. The van der Waals surface area contributed by atoms with E-state index in [9.17, 15) is 24.3 Å². The van der Waals surface area contributed by atoms with Crippen molar-refractivity contribution in [2.45, 2.75) is 46.2 Å². The maximum absolute atomic E-state index is 13.4. The Morgan fingerprint density at radius 2 is 1.89 bits per heavy atom. The van der Waals surface area contributed by atoms with Crippen molar-refractivity contribution in [3.05, 3.63) is 27.6 Å². The van der Waals surface area contributed by atoms with Crippen molar-refractivity contribution in [2.75, 3.05) is 31.6 Å². The Hall–Kier alpha value is -3.87. The van der Waals surface area contributed by atoms with Crippen LogP contribution in [-0.4, -0.2) is 74.4 Å². The summed E-state index contributed by atoms with van der Waals surface area (Å²) in [6.07, 6.45) is 4.30. The average molecular weight is 502 g/mol. The number of primary amides is 1. The predicted octanol–water partition coefficient (Wildman–Crippen LogP) is 0.503. The Balaban J connectivity index is 1.91. The molecule has 2 fully saturated rings. The van der Waals surface area contributed by atoms with Gasteiger partial charge < -0.3 is 25.8 Å². The van der Waals surface area contributed by atoms with E-state index >= 15 is 0 Å². The van der Waals surface area contributed by atoms with Gasteiger partial charge in [-0.2, -0.15) is 4.52 Å². The first kappa shape index (κ1) is 25.2. The quantitative estimate of drug-likeness (QED) is 0.417. The molecule has 4 amide bonds. The fraction of sp³-hybridized carbons (Fsp3) is 0.522. The largest absolute Gasteiger partial charge is 0.494 e. The molecule has 13 nitrogen and oxygen atoms in total. The molecule has 0 bridgehead atoms. The van der Waals surface area contributed by atoms with Gasteiger partial charge in [0.05, 0.1) is 18.8 Å². The van der Waals surface area contributed by atoms with E-state index in [0.29, 0.717) is 26.3 Å². The van der Waals surface area contributed by atoms with Crippen LogP contribution in [0.25, 0.3) is 11.7 Å². The topological polar surface area (TPSA) is 173 Å². The van der Waals surface area contributed by atoms with Gasteiger partial charge in [0.1, 0.15) is 0 Å². The van der Waals surface area contributed by atoms with E-state index in [0.717, 1.165) is 17.4 Å². The molecule has 2 aromatic heterocycles. The first-order chi connectivity index (χ1) is 17.0. The van der Waals surface area contributed by atoms with Gasteiger partial charge in [0.2, 0.25) is 11.8 Å². The summed E-state index contributed by atoms with van der Waals surface area (Å²) in [5, 5.41) is 20.5. The highest BCUT2D eigenvalue weighted by Crippen LogP contribution is 2.30. The van der Waals surface area contributed by atoms with Gasteiger partial charge in [0.15, 0.2) is 17.0 Å². The maximum Gasteiger partial charge on any atom is 0.317 e. The first-order valence-corrected chi connectivity index (χ1v) is 11.8. The van der Waals surface area contributed by atoms with Gasteiger partial charge in [-0.3, -0.25) is 24.3 Å². The van der Waals surface area contributed by atoms with E-state index in [4.69, 9.17) is 10.5 Å². The number of hydrogen-bond acceptors (Lipinski definition) is 7. The zero-order chi connectivity index (χ0) is 26.2. The average Bonchev–Trinajstić information content (AvgIpc) is 3.54. The van der Waals surface area contributed by atoms with Crippen LogP contribution >= 0.6 is 0 Å². The lowest BCUT2D eigenvalue weighted by Gasteiger charge is -2.25. The first-order valence-electron chi connectivity index (χ1n) is 11.8. The number of fused-ring (bicyclic) bond motifs is 1. The highest BCUT2D eigenvalue weighted by molar-refractivity contribution is 5.99. The van der Waals surface area contributed by atoms with E-state index in [1.165, 1.54) is 16.7 Å². The molecule has 2 aromatic rings. The molecule has 0 atom stereocenters. The molecule has 1 saturated heterocycles. The third kappa shape index (κ3) is 5.35. The number of aromatic hydroxyl groups is 1. The normalized spacial score (nSPS) is 16.5. The summed E-state index contributed by atoms with van der Waals surface area (Å²) < 4.78 is 7.61. The van der Waals surface area contributed by atoms with Crippen LogP contribution in [0.1, 0.15) is 49.5 Å². The van der Waals surface area contributed by atoms with Gasteiger partial charge in [-0.25, -0.2) is 4.79 Å². The molecule has 0 unspecified atom stereocenters. The van der Waals surface area contributed by atoms with E-state index in [2.05, 4.69) is 15.7 Å². The van der Waals surface area contributed by atoms with Crippen molar-refractivity contribution in [3.63, 3.8) is 0 Å². The van der Waals surface area contributed by atoms with Crippen molar-refractivity contribution < 1.29 is 24.2 Å². The number of nitrogens with one attached hydrogen (secondary N) is 2. The minimum absolute atomic E-state index is 0.0440. The number of nitrogens with two attached hydrogens (primary N) is 1. The van der Waals surface area contributed by atoms with Crippen LogP contribution in [0.2, 0.25) is 0 Å². The molecule has 13 heteroatoms. The molecule has 194 valence electrons. The van der Waals surface area contributed by atoms with Gasteiger partial charge in [-0.15, -0.1) is 5.10 Å². The van der Waals surface area contributed by atoms with E-state index in [-0.39, 0.29) is 35.5 Å². The van der Waals surface area contributed by atoms with Crippen LogP contribution in [0, 0.1) is 5.41 Å². The smallest absolute Gasteiger partial charge is 0.317 e. The number of ether oxygens (including phenoxy) is 1. The molecule has 36 heavy (non-hydrogen) atoms. The van der Waals surface area contributed by atoms with Crippen molar-refractivity contribution in [3.8, 4) is 5.88 Å². The molecular formula is C23H31N7O6. The van der Waals surface area contributed by atoms with Crippen LogP contribution < -0.4 is 21.9 Å². The number of morpholine rings is 1. The van der Waals surface area contributed by atoms with E-state index in [1.54, 1.807) is 4.90 Å². The summed E-state index contributed by atoms with van der Waals surface area (Å²) in [4.78, 5) is 52.3. The Kier molecular flexibility index (Phi) is 6.76. The summed E-state index contributed by atoms with van der Waals surface area (Å²) in [5.74, 6) is -1.62. The van der Waals surface area contributed by atoms with Crippen LogP contribution in [0.15, 0.2) is 10.9 Å². The van der Waals surface area contributed by atoms with Gasteiger partial charge >= 0.3 is 6.03 Å². The highest BCUT2D eigenvalue weighted by Gasteiger charge is 2.31. The summed E-state index contributed by atoms with van der Waals surface area (Å²) >= 11 is 0. The van der Waals surface area contributed by atoms with Crippen LogP contribution in [-0.2, 0) is 16.1 Å². The van der Waals surface area contributed by atoms with E-state index in [1.807, 2.05) is 20.8 Å². The summed E-state index contributed by atoms with van der Waals surface area (Å²) in [6.45, 7) is 7.65. The highest BCUT2D eigenvalue weighted by atomic mass is 16.5. The molecule has 1 saturated carbocycles. The Morgan fingerprint density at radius 1 is 1.22 bits per heavy atom. The second kappa shape index (κ2) is 9.64. The molecule has 0 spiro atoms. The fourth-order valence-electron chi connectivity index (χ4n) is 3.97. The number of anilines is 1. The molecule has 1 aliphatic heterocycles. The number of carbonyl (C=O) groups excluding carboxylic acids is 3. The number of carbonyl (C=O) groups is 3. The third-order valence-corrected chi connectivity index (χ3v) is 5.77. The van der Waals surface area contributed by atoms with Gasteiger partial charge in [0.25, 0.3) is 11.5 Å². The molecule has 3 heterocycles. The lowest BCUT2D eigenvalue weighted by atomic mass is 9.96. The van der Waals surface area contributed by atoms with Crippen molar-refractivity contribution >= 4 is 35.4 Å². The molecule has 5 N–H and O–H groups in total. The molecular weight excluding hydrogens is 470 g/mol. The minimum atomic E-state index is -0.932. The number of amides is 4. The predicted molar refractivity (Wildman–Crippen MR) is 131 cm³/mol. The van der Waals surface area contributed by atoms with Crippen LogP contribution in [0.3, 0.4) is 0 Å². The van der Waals surface area contributed by atoms with Crippen molar-refractivity contribution in [1.82, 2.24) is 24.4 Å². The number of nitrogens with zero attached hydrogens (tertiary/aromatic N) is 4. The molecule has 0 radical (unpaired) electrons. The lowest BCUT2D eigenvalue weighted by molar-refractivity contribution is -0.129. The fourth-order valence-corrected chi connectivity index (χ4v) is 3.97. The zero-order valence-electron chi connectivity index (χ0n) is 20.5. The number of rotatable bonds is 6. The number of hydrogen-bond donors (Lipinski definition) is 4. The molecule has 0 aromatic carbocycles. The van der Waals surface area contributed by atoms with Gasteiger partial charge in [0, 0.05) is 31.8 Å². The number of aromatic nitrogens is 3. The second-order valence-corrected chi connectivity index (χ2v) is 10.2. The van der Waals surface area contributed by atoms with Crippen LogP contribution in [0.5, 0.6) is 5.88 Å². The Morgan fingerprint density at radius 3 is 2.47 bits per heavy atom. The van der Waals surface area contributed by atoms with Gasteiger partial charge in [-0.1, -0.05) is 20.8 Å². The van der Waals surface area contributed by atoms with Crippen molar-refractivity contribution in [1.29, 1.82) is 0 Å². The monoisotopic (exact) mass is 501 g/mol. The molecule has 2 aliphatic rings. The Labute approximate surface area is 206 Å². The summed E-state index contributed by atoms with van der Waals surface area (Å²) in [7, 11) is 0. The van der Waals surface area contributed by atoms with Gasteiger partial charge in [-0.05, 0) is 24.3 Å². The zero-order valence-corrected chi connectivity index (χ0v) is 20.5. The van der Waals surface area contributed by atoms with Crippen LogP contribution in [0.4, 0.5) is 10.6 Å². The SMILES string of the molecule is CC(C)(C)Cn1c(O)c(C(=O)NC2CC2)c(=O)n2nc(NC(N)=O)c(/C=C/C(=O)N3CCOCC3)c12. The third-order valence-electron chi connectivity index (χ3n) is 5.77. The molecule has 4 rings (SSSR count). The number of urea groups is 1. The summed E-state index contributed by atoms with van der Waals surface area (Å²) in [5.41, 5.74) is 3.89. The summed E-state index contributed by atoms with van der Waals surface area (Å²) in [6, 6.07) is -0.976. The minimum Gasteiger partial charge on any atom is -0.494 e. The lowest BCUT2D eigenvalue weighted by Crippen LogP contribution is -2.39. The Bertz CT molecular complexity index is 1290. The molecule has 1 aliphatic carbocycles. The second-order valence-electron chi connectivity index (χ2n) is 10.2. The standard InChI is InChI=1S/C23H31N7O6/c1-23(2,3)12-29-19-14(6-7-15(31)28-8-10-36-11-9-28)17(26-22(24)35)27-30(19)21(34)16(20(29)33)18(32)25-13-4-5-13/h6-7,13,33H,4-5,8-12H2,1-3H3,(H,25,32)(H3,24,26,27,35)/b7-6+. The van der Waals surface area contributed by atoms with Crippen molar-refractivity contribution in [2.24, 2.45) is 11.1 Å². The van der Waals surface area contributed by atoms with E-state index < -0.39 is 34.4 Å².